The van der Waals surface area contributed by atoms with Gasteiger partial charge in [-0.05, 0) is 12.1 Å². The molecule has 3 N–H and O–H groups in total. The third-order valence-corrected chi connectivity index (χ3v) is 2.57. The predicted octanol–water partition coefficient (Wildman–Crippen LogP) is 2.06. The fourth-order valence-corrected chi connectivity index (χ4v) is 1.52. The van der Waals surface area contributed by atoms with Gasteiger partial charge in [0.05, 0.1) is 7.11 Å². The summed E-state index contributed by atoms with van der Waals surface area (Å²) in [5.74, 6) is -0.270. The Hall–Kier alpha value is -1.72. The highest BCUT2D eigenvalue weighted by Gasteiger charge is 2.30. The lowest BCUT2D eigenvalue weighted by Gasteiger charge is -2.18. The van der Waals surface area contributed by atoms with Gasteiger partial charge in [0.25, 0.3) is 0 Å². The molecule has 0 aromatic heterocycles. The van der Waals surface area contributed by atoms with Gasteiger partial charge < -0.3 is 20.7 Å². The molecule has 130 valence electrons. The zero-order valence-corrected chi connectivity index (χ0v) is 14.9. The first-order chi connectivity index (χ1) is 10.2. The first-order valence-electron chi connectivity index (χ1n) is 6.23. The zero-order chi connectivity index (χ0) is 16.8. The number of nitrogens with zero attached hydrogens (tertiary/aromatic N) is 2. The van der Waals surface area contributed by atoms with Crippen molar-refractivity contribution in [1.29, 1.82) is 0 Å². The second-order valence-corrected chi connectivity index (χ2v) is 4.42. The highest BCUT2D eigenvalue weighted by atomic mass is 127. The van der Waals surface area contributed by atoms with Gasteiger partial charge in [0, 0.05) is 18.8 Å². The number of nitrogens with one attached hydrogen (secondary N) is 1. The fraction of sp³-hybridized carbons (Fsp3) is 0.385. The van der Waals surface area contributed by atoms with E-state index < -0.39 is 25.2 Å². The molecular formula is C13H18F3IN4O2. The van der Waals surface area contributed by atoms with Crippen molar-refractivity contribution in [3.8, 4) is 5.75 Å². The van der Waals surface area contributed by atoms with Crippen LogP contribution in [-0.4, -0.2) is 50.2 Å². The molecule has 6 nitrogen and oxygen atoms in total. The van der Waals surface area contributed by atoms with Crippen LogP contribution in [0.4, 0.5) is 18.9 Å². The number of guanidine groups is 1. The zero-order valence-electron chi connectivity index (χ0n) is 12.6. The first-order valence-corrected chi connectivity index (χ1v) is 6.23. The van der Waals surface area contributed by atoms with Gasteiger partial charge in [0.15, 0.2) is 5.96 Å². The SMILES string of the molecule is COc1cccc(NC(N)=NCC(=O)N(C)CC(F)(F)F)c1.I. The molecule has 1 aromatic rings. The first kappa shape index (κ1) is 21.3. The molecule has 0 aliphatic heterocycles. The summed E-state index contributed by atoms with van der Waals surface area (Å²) in [6.45, 7) is -1.81. The third kappa shape index (κ3) is 8.47. The van der Waals surface area contributed by atoms with Gasteiger partial charge in [0.1, 0.15) is 18.8 Å². The molecule has 0 aliphatic carbocycles. The van der Waals surface area contributed by atoms with Crippen molar-refractivity contribution in [1.82, 2.24) is 4.90 Å². The van der Waals surface area contributed by atoms with E-state index in [2.05, 4.69) is 10.3 Å². The number of alkyl halides is 3. The highest BCUT2D eigenvalue weighted by Crippen LogP contribution is 2.16. The van der Waals surface area contributed by atoms with Crippen LogP contribution in [0.25, 0.3) is 0 Å². The number of ether oxygens (including phenoxy) is 1. The molecule has 23 heavy (non-hydrogen) atoms. The van der Waals surface area contributed by atoms with Crippen molar-refractivity contribution in [2.45, 2.75) is 6.18 Å². The maximum atomic E-state index is 12.1. The number of benzene rings is 1. The van der Waals surface area contributed by atoms with Crippen molar-refractivity contribution >= 4 is 41.5 Å². The van der Waals surface area contributed by atoms with Gasteiger partial charge in [-0.15, -0.1) is 24.0 Å². The van der Waals surface area contributed by atoms with Gasteiger partial charge in [0.2, 0.25) is 5.91 Å². The average molecular weight is 446 g/mol. The minimum Gasteiger partial charge on any atom is -0.497 e. The molecule has 1 aromatic carbocycles. The van der Waals surface area contributed by atoms with E-state index in [-0.39, 0.29) is 29.9 Å². The molecule has 1 rings (SSSR count). The molecule has 0 bridgehead atoms. The van der Waals surface area contributed by atoms with Crippen molar-refractivity contribution in [3.05, 3.63) is 24.3 Å². The van der Waals surface area contributed by atoms with Crippen molar-refractivity contribution in [2.24, 2.45) is 10.7 Å². The summed E-state index contributed by atoms with van der Waals surface area (Å²) < 4.78 is 41.5. The highest BCUT2D eigenvalue weighted by molar-refractivity contribution is 14.0. The summed E-state index contributed by atoms with van der Waals surface area (Å²) in [6.07, 6.45) is -4.45. The molecule has 0 unspecified atom stereocenters. The van der Waals surface area contributed by atoms with Gasteiger partial charge in [-0.1, -0.05) is 6.07 Å². The maximum absolute atomic E-state index is 12.1. The van der Waals surface area contributed by atoms with E-state index in [0.717, 1.165) is 7.05 Å². The monoisotopic (exact) mass is 446 g/mol. The number of likely N-dealkylation sites (N-methyl/N-ethyl adjacent to an activating group) is 1. The van der Waals surface area contributed by atoms with Crippen LogP contribution in [0.2, 0.25) is 0 Å². The Balaban J connectivity index is 0.00000484. The standard InChI is InChI=1S/C13H17F3N4O2.HI/c1-20(8-13(14,15)16)11(21)7-18-12(17)19-9-4-3-5-10(6-9)22-2;/h3-6H,7-8H2,1-2H3,(H3,17,18,19);1H. The second kappa shape index (κ2) is 9.43. The van der Waals surface area contributed by atoms with Crippen molar-refractivity contribution < 1.29 is 22.7 Å². The summed E-state index contributed by atoms with van der Waals surface area (Å²) >= 11 is 0. The van der Waals surface area contributed by atoms with Crippen LogP contribution in [0.3, 0.4) is 0 Å². The maximum Gasteiger partial charge on any atom is 0.406 e. The summed E-state index contributed by atoms with van der Waals surface area (Å²) in [5.41, 5.74) is 6.16. The number of methoxy groups -OCH3 is 1. The van der Waals surface area contributed by atoms with Crippen LogP contribution in [0.1, 0.15) is 0 Å². The van der Waals surface area contributed by atoms with E-state index in [1.54, 1.807) is 24.3 Å². The van der Waals surface area contributed by atoms with Crippen molar-refractivity contribution in [2.75, 3.05) is 32.6 Å². The number of carbonyl (C=O) groups is 1. The van der Waals surface area contributed by atoms with Gasteiger partial charge in [-0.3, -0.25) is 4.79 Å². The minimum absolute atomic E-state index is 0. The lowest BCUT2D eigenvalue weighted by Crippen LogP contribution is -2.37. The molecule has 0 aliphatic rings. The molecule has 0 radical (unpaired) electrons. The number of nitrogens with two attached hydrogens (primary N) is 1. The van der Waals surface area contributed by atoms with Gasteiger partial charge in [-0.25, -0.2) is 4.99 Å². The Kier molecular flexibility index (Phi) is 8.72. The van der Waals surface area contributed by atoms with Crippen LogP contribution < -0.4 is 15.8 Å². The number of rotatable bonds is 5. The lowest BCUT2D eigenvalue weighted by atomic mass is 10.3. The minimum atomic E-state index is -4.45. The van der Waals surface area contributed by atoms with Crippen LogP contribution in [0.5, 0.6) is 5.75 Å². The summed E-state index contributed by atoms with van der Waals surface area (Å²) in [6, 6.07) is 6.80. The summed E-state index contributed by atoms with van der Waals surface area (Å²) in [5, 5.41) is 2.71. The quantitative estimate of drug-likeness (QED) is 0.413. The molecule has 0 saturated heterocycles. The molecule has 0 spiro atoms. The van der Waals surface area contributed by atoms with Crippen LogP contribution in [0.15, 0.2) is 29.3 Å². The average Bonchev–Trinajstić information content (AvgIpc) is 2.43. The Morgan fingerprint density at radius 3 is 2.65 bits per heavy atom. The normalized spacial score (nSPS) is 11.4. The smallest absolute Gasteiger partial charge is 0.406 e. The third-order valence-electron chi connectivity index (χ3n) is 2.57. The molecule has 0 heterocycles. The lowest BCUT2D eigenvalue weighted by molar-refractivity contribution is -0.157. The topological polar surface area (TPSA) is 80.0 Å². The number of hydrogen-bond acceptors (Lipinski definition) is 3. The number of hydrogen-bond donors (Lipinski definition) is 2. The van der Waals surface area contributed by atoms with Gasteiger partial charge >= 0.3 is 6.18 Å². The number of halogens is 4. The van der Waals surface area contributed by atoms with E-state index in [4.69, 9.17) is 10.5 Å². The van der Waals surface area contributed by atoms with E-state index in [9.17, 15) is 18.0 Å². The van der Waals surface area contributed by atoms with Gasteiger partial charge in [-0.2, -0.15) is 13.2 Å². The van der Waals surface area contributed by atoms with E-state index in [1.165, 1.54) is 7.11 Å². The Morgan fingerprint density at radius 1 is 1.43 bits per heavy atom. The van der Waals surface area contributed by atoms with Crippen molar-refractivity contribution in [3.63, 3.8) is 0 Å². The van der Waals surface area contributed by atoms with Crippen LogP contribution in [-0.2, 0) is 4.79 Å². The van der Waals surface area contributed by atoms with E-state index in [1.807, 2.05) is 0 Å². The largest absolute Gasteiger partial charge is 0.497 e. The summed E-state index contributed by atoms with van der Waals surface area (Å²) in [7, 11) is 2.56. The molecule has 10 heteroatoms. The van der Waals surface area contributed by atoms with E-state index in [0.29, 0.717) is 16.3 Å². The molecule has 0 atom stereocenters. The Labute approximate surface area is 148 Å². The summed E-state index contributed by atoms with van der Waals surface area (Å²) in [4.78, 5) is 15.7. The molecule has 0 fully saturated rings. The fourth-order valence-electron chi connectivity index (χ4n) is 1.52. The Bertz CT molecular complexity index is 552. The number of amides is 1. The number of carbonyl (C=O) groups excluding carboxylic acids is 1. The Morgan fingerprint density at radius 2 is 2.09 bits per heavy atom. The van der Waals surface area contributed by atoms with Crippen LogP contribution >= 0.6 is 24.0 Å². The molecule has 1 amide bonds. The number of anilines is 1. The predicted molar refractivity (Wildman–Crippen MR) is 92.2 cm³/mol. The number of aliphatic imine (C=N–C) groups is 1. The molecule has 0 saturated carbocycles. The second-order valence-electron chi connectivity index (χ2n) is 4.42. The molecular weight excluding hydrogens is 428 g/mol. The van der Waals surface area contributed by atoms with E-state index >= 15 is 0 Å². The van der Waals surface area contributed by atoms with Crippen LogP contribution in [0, 0.1) is 0 Å².